The van der Waals surface area contributed by atoms with Gasteiger partial charge in [-0.1, -0.05) is 41.6 Å². The lowest BCUT2D eigenvalue weighted by molar-refractivity contribution is -0.116. The number of hydrogen-bond donors (Lipinski definition) is 1. The van der Waals surface area contributed by atoms with Crippen LogP contribution in [0.25, 0.3) is 0 Å². The third kappa shape index (κ3) is 4.02. The smallest absolute Gasteiger partial charge is 0.236 e. The summed E-state index contributed by atoms with van der Waals surface area (Å²) in [6.07, 6.45) is 1.67. The molecule has 3 rings (SSSR count). The SMILES string of the molecule is Cc1ccc(N(C)c2ccc(C=NN=C3NC(=O)CS3)cc2)cc1. The lowest BCUT2D eigenvalue weighted by Crippen LogP contribution is -2.19. The van der Waals surface area contributed by atoms with Crippen LogP contribution in [-0.4, -0.2) is 30.1 Å². The first-order valence-electron chi connectivity index (χ1n) is 7.56. The van der Waals surface area contributed by atoms with Crippen molar-refractivity contribution in [3.05, 3.63) is 59.7 Å². The van der Waals surface area contributed by atoms with Crippen molar-refractivity contribution in [2.75, 3.05) is 17.7 Å². The quantitative estimate of drug-likeness (QED) is 0.687. The molecule has 1 fully saturated rings. The second-order valence-electron chi connectivity index (χ2n) is 5.47. The van der Waals surface area contributed by atoms with Crippen LogP contribution in [0.2, 0.25) is 0 Å². The van der Waals surface area contributed by atoms with Gasteiger partial charge in [-0.2, -0.15) is 5.10 Å². The summed E-state index contributed by atoms with van der Waals surface area (Å²) in [6, 6.07) is 16.5. The van der Waals surface area contributed by atoms with Gasteiger partial charge in [-0.15, -0.1) is 5.10 Å². The Labute approximate surface area is 145 Å². The van der Waals surface area contributed by atoms with Gasteiger partial charge in [-0.3, -0.25) is 4.79 Å². The molecule has 1 saturated heterocycles. The Hall–Kier alpha value is -2.60. The minimum atomic E-state index is -0.0301. The van der Waals surface area contributed by atoms with Gasteiger partial charge in [0.2, 0.25) is 5.91 Å². The molecule has 6 heteroatoms. The maximum absolute atomic E-state index is 11.1. The summed E-state index contributed by atoms with van der Waals surface area (Å²) in [6.45, 7) is 2.08. The summed E-state index contributed by atoms with van der Waals surface area (Å²) in [5.41, 5.74) is 4.44. The first kappa shape index (κ1) is 16.3. The van der Waals surface area contributed by atoms with Crippen LogP contribution in [0, 0.1) is 6.92 Å². The van der Waals surface area contributed by atoms with E-state index in [4.69, 9.17) is 0 Å². The highest BCUT2D eigenvalue weighted by molar-refractivity contribution is 8.15. The van der Waals surface area contributed by atoms with Crippen molar-refractivity contribution in [3.8, 4) is 0 Å². The van der Waals surface area contributed by atoms with Crippen molar-refractivity contribution in [1.29, 1.82) is 0 Å². The van der Waals surface area contributed by atoms with Crippen molar-refractivity contribution >= 4 is 40.4 Å². The van der Waals surface area contributed by atoms with E-state index in [9.17, 15) is 4.79 Å². The Balaban J connectivity index is 1.66. The fraction of sp³-hybridized carbons (Fsp3) is 0.167. The fourth-order valence-electron chi connectivity index (χ4n) is 2.23. The summed E-state index contributed by atoms with van der Waals surface area (Å²) in [5.74, 6) is 0.381. The monoisotopic (exact) mass is 338 g/mol. The molecule has 1 aliphatic rings. The predicted molar refractivity (Wildman–Crippen MR) is 101 cm³/mol. The van der Waals surface area contributed by atoms with Crippen LogP contribution in [0.4, 0.5) is 11.4 Å². The highest BCUT2D eigenvalue weighted by Crippen LogP contribution is 2.23. The van der Waals surface area contributed by atoms with E-state index in [-0.39, 0.29) is 5.91 Å². The molecule has 0 atom stereocenters. The normalized spacial score (nSPS) is 15.9. The van der Waals surface area contributed by atoms with E-state index in [1.807, 2.05) is 31.3 Å². The Bertz CT molecular complexity index is 782. The van der Waals surface area contributed by atoms with Crippen molar-refractivity contribution in [2.24, 2.45) is 10.2 Å². The number of thioether (sulfide) groups is 1. The summed E-state index contributed by atoms with van der Waals surface area (Å²) in [7, 11) is 2.04. The van der Waals surface area contributed by atoms with Crippen LogP contribution in [0.5, 0.6) is 0 Å². The Morgan fingerprint density at radius 1 is 1.08 bits per heavy atom. The molecule has 0 aliphatic carbocycles. The van der Waals surface area contributed by atoms with E-state index in [0.29, 0.717) is 10.9 Å². The van der Waals surface area contributed by atoms with Crippen LogP contribution in [0.3, 0.4) is 0 Å². The topological polar surface area (TPSA) is 57.1 Å². The van der Waals surface area contributed by atoms with Crippen molar-refractivity contribution in [3.63, 3.8) is 0 Å². The predicted octanol–water partition coefficient (Wildman–Crippen LogP) is 3.32. The van der Waals surface area contributed by atoms with Gasteiger partial charge >= 0.3 is 0 Å². The number of aryl methyl sites for hydroxylation is 1. The van der Waals surface area contributed by atoms with Crippen LogP contribution in [0.1, 0.15) is 11.1 Å². The molecular formula is C18H18N4OS. The van der Waals surface area contributed by atoms with Crippen LogP contribution in [-0.2, 0) is 4.79 Å². The van der Waals surface area contributed by atoms with E-state index >= 15 is 0 Å². The molecule has 1 aliphatic heterocycles. The summed E-state index contributed by atoms with van der Waals surface area (Å²) < 4.78 is 0. The summed E-state index contributed by atoms with van der Waals surface area (Å²) in [4.78, 5) is 13.2. The Morgan fingerprint density at radius 3 is 2.29 bits per heavy atom. The number of amidine groups is 1. The van der Waals surface area contributed by atoms with Gasteiger partial charge in [0, 0.05) is 18.4 Å². The van der Waals surface area contributed by atoms with Crippen molar-refractivity contribution in [2.45, 2.75) is 6.92 Å². The molecule has 0 radical (unpaired) electrons. The third-order valence-electron chi connectivity index (χ3n) is 3.64. The first-order chi connectivity index (χ1) is 11.6. The number of anilines is 2. The van der Waals surface area contributed by atoms with Gasteiger partial charge in [0.05, 0.1) is 12.0 Å². The Morgan fingerprint density at radius 2 is 1.71 bits per heavy atom. The molecule has 1 N–H and O–H groups in total. The van der Waals surface area contributed by atoms with E-state index in [0.717, 1.165) is 16.9 Å². The maximum atomic E-state index is 11.1. The fourth-order valence-corrected chi connectivity index (χ4v) is 2.86. The number of nitrogens with one attached hydrogen (secondary N) is 1. The van der Waals surface area contributed by atoms with Crippen LogP contribution >= 0.6 is 11.8 Å². The lowest BCUT2D eigenvalue weighted by atomic mass is 10.2. The highest BCUT2D eigenvalue weighted by Gasteiger charge is 2.15. The second-order valence-corrected chi connectivity index (χ2v) is 6.44. The number of carbonyl (C=O) groups is 1. The molecule has 0 unspecified atom stereocenters. The highest BCUT2D eigenvalue weighted by atomic mass is 32.2. The number of hydrogen-bond acceptors (Lipinski definition) is 5. The average molecular weight is 338 g/mol. The zero-order valence-electron chi connectivity index (χ0n) is 13.6. The minimum Gasteiger partial charge on any atom is -0.345 e. The standard InChI is InChI=1S/C18H18N4OS/c1-13-3-7-15(8-4-13)22(2)16-9-5-14(6-10-16)11-19-21-18-20-17(23)12-24-18/h3-11H,12H2,1-2H3,(H,20,21,23). The van der Waals surface area contributed by atoms with E-state index in [2.05, 4.69) is 51.6 Å². The van der Waals surface area contributed by atoms with Gasteiger partial charge < -0.3 is 10.2 Å². The largest absolute Gasteiger partial charge is 0.345 e. The van der Waals surface area contributed by atoms with Gasteiger partial charge in [0.15, 0.2) is 5.17 Å². The second kappa shape index (κ2) is 7.31. The summed E-state index contributed by atoms with van der Waals surface area (Å²) >= 11 is 1.36. The number of rotatable bonds is 4. The molecule has 0 bridgehead atoms. The molecule has 0 aromatic heterocycles. The Kier molecular flexibility index (Phi) is 4.96. The van der Waals surface area contributed by atoms with Crippen LogP contribution < -0.4 is 10.2 Å². The molecule has 2 aromatic rings. The van der Waals surface area contributed by atoms with E-state index in [1.54, 1.807) is 6.21 Å². The van der Waals surface area contributed by atoms with Gasteiger partial charge in [0.1, 0.15) is 0 Å². The van der Waals surface area contributed by atoms with Gasteiger partial charge in [0.25, 0.3) is 0 Å². The average Bonchev–Trinajstić information content (AvgIpc) is 3.01. The molecule has 1 heterocycles. The molecule has 2 aromatic carbocycles. The van der Waals surface area contributed by atoms with Crippen molar-refractivity contribution in [1.82, 2.24) is 5.32 Å². The first-order valence-corrected chi connectivity index (χ1v) is 8.54. The molecule has 0 saturated carbocycles. The van der Waals surface area contributed by atoms with Gasteiger partial charge in [-0.25, -0.2) is 0 Å². The zero-order chi connectivity index (χ0) is 16.9. The number of nitrogens with zero attached hydrogens (tertiary/aromatic N) is 3. The molecule has 122 valence electrons. The molecule has 5 nitrogen and oxygen atoms in total. The maximum Gasteiger partial charge on any atom is 0.236 e. The minimum absolute atomic E-state index is 0.0301. The van der Waals surface area contributed by atoms with Gasteiger partial charge in [-0.05, 0) is 36.8 Å². The zero-order valence-corrected chi connectivity index (χ0v) is 14.4. The van der Waals surface area contributed by atoms with E-state index < -0.39 is 0 Å². The summed E-state index contributed by atoms with van der Waals surface area (Å²) in [5, 5.41) is 11.2. The lowest BCUT2D eigenvalue weighted by Gasteiger charge is -2.19. The van der Waals surface area contributed by atoms with Crippen molar-refractivity contribution < 1.29 is 4.79 Å². The third-order valence-corrected chi connectivity index (χ3v) is 4.51. The molecule has 24 heavy (non-hydrogen) atoms. The number of amides is 1. The molecule has 1 amide bonds. The number of carbonyl (C=O) groups excluding carboxylic acids is 1. The molecular weight excluding hydrogens is 320 g/mol. The number of benzene rings is 2. The molecule has 0 spiro atoms. The van der Waals surface area contributed by atoms with Crippen LogP contribution in [0.15, 0.2) is 58.7 Å². The van der Waals surface area contributed by atoms with E-state index in [1.165, 1.54) is 17.3 Å².